The third kappa shape index (κ3) is 5.03. The van der Waals surface area contributed by atoms with Crippen LogP contribution in [-0.4, -0.2) is 86.7 Å². The molecule has 0 aromatic carbocycles. The average molecular weight is 268 g/mol. The molecule has 0 radical (unpaired) electrons. The Morgan fingerprint density at radius 3 is 2.74 bits per heavy atom. The molecule has 0 aliphatic carbocycles. The lowest BCUT2D eigenvalue weighted by atomic mass is 10.2. The summed E-state index contributed by atoms with van der Waals surface area (Å²) in [4.78, 5) is 7.88. The zero-order valence-corrected chi connectivity index (χ0v) is 12.9. The smallest absolute Gasteiger partial charge is 0.0220 e. The highest BCUT2D eigenvalue weighted by Crippen LogP contribution is 2.12. The fourth-order valence-electron chi connectivity index (χ4n) is 3.37. The lowest BCUT2D eigenvalue weighted by Crippen LogP contribution is -2.44. The molecule has 2 aliphatic rings. The van der Waals surface area contributed by atoms with Gasteiger partial charge in [-0.1, -0.05) is 6.92 Å². The molecule has 0 bridgehead atoms. The Bertz CT molecular complexity index is 238. The second-order valence-corrected chi connectivity index (χ2v) is 6.16. The van der Waals surface area contributed by atoms with Crippen LogP contribution in [0.5, 0.6) is 0 Å². The SMILES string of the molecule is CCC1CN(C)CCCN1CCN1CCCNCC1. The van der Waals surface area contributed by atoms with Crippen LogP contribution in [-0.2, 0) is 0 Å². The van der Waals surface area contributed by atoms with Crippen LogP contribution in [0.15, 0.2) is 0 Å². The van der Waals surface area contributed by atoms with E-state index in [1.165, 1.54) is 78.2 Å². The van der Waals surface area contributed by atoms with Crippen molar-refractivity contribution >= 4 is 0 Å². The maximum absolute atomic E-state index is 3.49. The van der Waals surface area contributed by atoms with Gasteiger partial charge in [0.05, 0.1) is 0 Å². The Morgan fingerprint density at radius 2 is 1.89 bits per heavy atom. The number of rotatable bonds is 4. The van der Waals surface area contributed by atoms with Gasteiger partial charge in [-0.25, -0.2) is 0 Å². The second-order valence-electron chi connectivity index (χ2n) is 6.16. The zero-order valence-electron chi connectivity index (χ0n) is 12.9. The highest BCUT2D eigenvalue weighted by atomic mass is 15.3. The molecule has 0 spiro atoms. The molecule has 1 unspecified atom stereocenters. The lowest BCUT2D eigenvalue weighted by Gasteiger charge is -2.32. The molecule has 1 N–H and O–H groups in total. The third-order valence-corrected chi connectivity index (χ3v) is 4.63. The van der Waals surface area contributed by atoms with Crippen LogP contribution in [0.3, 0.4) is 0 Å². The molecule has 2 fully saturated rings. The van der Waals surface area contributed by atoms with Crippen LogP contribution < -0.4 is 5.32 Å². The van der Waals surface area contributed by atoms with E-state index in [1.54, 1.807) is 0 Å². The highest BCUT2D eigenvalue weighted by Gasteiger charge is 2.22. The molecule has 0 aromatic rings. The van der Waals surface area contributed by atoms with E-state index < -0.39 is 0 Å². The minimum Gasteiger partial charge on any atom is -0.315 e. The first-order chi connectivity index (χ1) is 9.29. The maximum atomic E-state index is 3.49. The topological polar surface area (TPSA) is 21.8 Å². The van der Waals surface area contributed by atoms with Gasteiger partial charge in [0, 0.05) is 38.8 Å². The van der Waals surface area contributed by atoms with E-state index in [0.717, 1.165) is 6.04 Å². The lowest BCUT2D eigenvalue weighted by molar-refractivity contribution is 0.156. The van der Waals surface area contributed by atoms with Crippen LogP contribution in [0, 0.1) is 0 Å². The predicted octanol–water partition coefficient (Wildman–Crippen LogP) is 0.698. The molecule has 4 nitrogen and oxygen atoms in total. The number of nitrogens with one attached hydrogen (secondary N) is 1. The normalized spacial score (nSPS) is 29.1. The molecule has 112 valence electrons. The van der Waals surface area contributed by atoms with Gasteiger partial charge in [0.1, 0.15) is 0 Å². The summed E-state index contributed by atoms with van der Waals surface area (Å²) < 4.78 is 0. The molecule has 2 heterocycles. The summed E-state index contributed by atoms with van der Waals surface area (Å²) >= 11 is 0. The summed E-state index contributed by atoms with van der Waals surface area (Å²) in [6.45, 7) is 13.5. The van der Waals surface area contributed by atoms with Crippen molar-refractivity contribution < 1.29 is 0 Å². The van der Waals surface area contributed by atoms with Gasteiger partial charge in [-0.15, -0.1) is 0 Å². The molecule has 0 saturated carbocycles. The average Bonchev–Trinajstić information content (AvgIpc) is 2.77. The van der Waals surface area contributed by atoms with Crippen LogP contribution in [0.1, 0.15) is 26.2 Å². The van der Waals surface area contributed by atoms with Crippen molar-refractivity contribution in [3.05, 3.63) is 0 Å². The van der Waals surface area contributed by atoms with Gasteiger partial charge in [0.25, 0.3) is 0 Å². The number of hydrogen-bond acceptors (Lipinski definition) is 4. The van der Waals surface area contributed by atoms with Gasteiger partial charge < -0.3 is 15.1 Å². The maximum Gasteiger partial charge on any atom is 0.0220 e. The van der Waals surface area contributed by atoms with Crippen LogP contribution in [0.4, 0.5) is 0 Å². The van der Waals surface area contributed by atoms with E-state index >= 15 is 0 Å². The summed E-state index contributed by atoms with van der Waals surface area (Å²) in [6, 6.07) is 0.762. The quantitative estimate of drug-likeness (QED) is 0.810. The number of likely N-dealkylation sites (N-methyl/N-ethyl adjacent to an activating group) is 1. The van der Waals surface area contributed by atoms with Crippen LogP contribution >= 0.6 is 0 Å². The van der Waals surface area contributed by atoms with Gasteiger partial charge >= 0.3 is 0 Å². The Kier molecular flexibility index (Phi) is 6.57. The zero-order chi connectivity index (χ0) is 13.5. The van der Waals surface area contributed by atoms with E-state index in [1.807, 2.05) is 0 Å². The van der Waals surface area contributed by atoms with Crippen molar-refractivity contribution in [1.29, 1.82) is 0 Å². The van der Waals surface area contributed by atoms with Gasteiger partial charge in [0.15, 0.2) is 0 Å². The Morgan fingerprint density at radius 1 is 1.00 bits per heavy atom. The van der Waals surface area contributed by atoms with E-state index in [2.05, 4.69) is 34.0 Å². The van der Waals surface area contributed by atoms with Crippen molar-refractivity contribution in [2.24, 2.45) is 0 Å². The first-order valence-electron chi connectivity index (χ1n) is 8.15. The Hall–Kier alpha value is -0.160. The van der Waals surface area contributed by atoms with Crippen molar-refractivity contribution in [3.8, 4) is 0 Å². The van der Waals surface area contributed by atoms with Gasteiger partial charge in [-0.05, 0) is 52.5 Å². The van der Waals surface area contributed by atoms with Crippen molar-refractivity contribution in [1.82, 2.24) is 20.0 Å². The monoisotopic (exact) mass is 268 g/mol. The molecule has 0 amide bonds. The van der Waals surface area contributed by atoms with Gasteiger partial charge in [0.2, 0.25) is 0 Å². The summed E-state index contributed by atoms with van der Waals surface area (Å²) in [5.74, 6) is 0. The molecule has 4 heteroatoms. The van der Waals surface area contributed by atoms with E-state index in [-0.39, 0.29) is 0 Å². The number of nitrogens with zero attached hydrogens (tertiary/aromatic N) is 3. The second kappa shape index (κ2) is 8.20. The van der Waals surface area contributed by atoms with Crippen molar-refractivity contribution in [2.45, 2.75) is 32.2 Å². The minimum atomic E-state index is 0.762. The molecule has 1 atom stereocenters. The fourth-order valence-corrected chi connectivity index (χ4v) is 3.37. The minimum absolute atomic E-state index is 0.762. The summed E-state index contributed by atoms with van der Waals surface area (Å²) in [7, 11) is 2.27. The molecule has 2 saturated heterocycles. The predicted molar refractivity (Wildman–Crippen MR) is 81.7 cm³/mol. The van der Waals surface area contributed by atoms with Gasteiger partial charge in [-0.3, -0.25) is 4.90 Å². The van der Waals surface area contributed by atoms with Crippen molar-refractivity contribution in [2.75, 3.05) is 66.0 Å². The molecule has 19 heavy (non-hydrogen) atoms. The first kappa shape index (κ1) is 15.2. The molecule has 2 aliphatic heterocycles. The summed E-state index contributed by atoms with van der Waals surface area (Å²) in [5.41, 5.74) is 0. The summed E-state index contributed by atoms with van der Waals surface area (Å²) in [6.07, 6.45) is 3.92. The van der Waals surface area contributed by atoms with Crippen molar-refractivity contribution in [3.63, 3.8) is 0 Å². The Labute approximate surface area is 119 Å². The van der Waals surface area contributed by atoms with Crippen LogP contribution in [0.2, 0.25) is 0 Å². The largest absolute Gasteiger partial charge is 0.315 e. The highest BCUT2D eigenvalue weighted by molar-refractivity contribution is 4.79. The molecule has 2 rings (SSSR count). The van der Waals surface area contributed by atoms with Crippen LogP contribution in [0.25, 0.3) is 0 Å². The van der Waals surface area contributed by atoms with Gasteiger partial charge in [-0.2, -0.15) is 0 Å². The third-order valence-electron chi connectivity index (χ3n) is 4.63. The molecular formula is C15H32N4. The molecule has 0 aromatic heterocycles. The number of hydrogen-bond donors (Lipinski definition) is 1. The molecular weight excluding hydrogens is 236 g/mol. The summed E-state index contributed by atoms with van der Waals surface area (Å²) in [5, 5.41) is 3.49. The van der Waals surface area contributed by atoms with E-state index in [9.17, 15) is 0 Å². The van der Waals surface area contributed by atoms with E-state index in [0.29, 0.717) is 0 Å². The standard InChI is InChI=1S/C15H32N4/c1-3-15-14-17(2)8-5-10-19(15)13-12-18-9-4-6-16-7-11-18/h15-16H,3-14H2,1-2H3. The fraction of sp³-hybridized carbons (Fsp3) is 1.00. The Balaban J connectivity index is 1.78. The first-order valence-corrected chi connectivity index (χ1v) is 8.15. The van der Waals surface area contributed by atoms with E-state index in [4.69, 9.17) is 0 Å².